The molecule has 5 rings (SSSR count). The molecule has 0 N–H and O–H groups in total. The highest BCUT2D eigenvalue weighted by molar-refractivity contribution is 14.1. The van der Waals surface area contributed by atoms with Crippen LogP contribution in [0.4, 0.5) is 0 Å². The van der Waals surface area contributed by atoms with Crippen LogP contribution in [0, 0.1) is 3.57 Å². The molecule has 1 aliphatic rings. The molecule has 0 radical (unpaired) electrons. The standard InChI is InChI=1S/C27H21IN2O3S/c1-3-33-26(32)23-16(2)29-27-30(24(23)21-10-6-8-18-7-4-5-9-20(18)21)25(31)22(34-27)15-17-11-13-19(28)14-12-17/h4-15,24H,3H2,1-2H3/b22-15-/t24-/m0/s1. The number of aromatic nitrogens is 1. The smallest absolute Gasteiger partial charge is 0.338 e. The average molecular weight is 580 g/mol. The monoisotopic (exact) mass is 580 g/mol. The molecule has 0 saturated carbocycles. The molecule has 34 heavy (non-hydrogen) atoms. The summed E-state index contributed by atoms with van der Waals surface area (Å²) in [6, 6.07) is 21.3. The Morgan fingerprint density at radius 2 is 1.85 bits per heavy atom. The Morgan fingerprint density at radius 1 is 1.12 bits per heavy atom. The zero-order chi connectivity index (χ0) is 23.8. The first-order valence-electron chi connectivity index (χ1n) is 10.9. The number of thiazole rings is 1. The number of ether oxygens (including phenoxy) is 1. The molecule has 1 atom stereocenters. The van der Waals surface area contributed by atoms with Gasteiger partial charge in [0, 0.05) is 3.57 Å². The molecule has 0 fully saturated rings. The predicted molar refractivity (Wildman–Crippen MR) is 144 cm³/mol. The first-order valence-corrected chi connectivity index (χ1v) is 12.8. The van der Waals surface area contributed by atoms with Crippen LogP contribution >= 0.6 is 33.9 Å². The molecule has 1 aromatic heterocycles. The first kappa shape index (κ1) is 22.7. The van der Waals surface area contributed by atoms with Crippen molar-refractivity contribution in [3.63, 3.8) is 0 Å². The molecule has 0 saturated heterocycles. The van der Waals surface area contributed by atoms with Crippen LogP contribution in [0.15, 0.2) is 87.8 Å². The summed E-state index contributed by atoms with van der Waals surface area (Å²) in [5.74, 6) is -0.450. The molecule has 7 heteroatoms. The van der Waals surface area contributed by atoms with Gasteiger partial charge in [-0.15, -0.1) is 0 Å². The fourth-order valence-corrected chi connectivity index (χ4v) is 5.69. The van der Waals surface area contributed by atoms with Crippen LogP contribution < -0.4 is 14.9 Å². The molecule has 0 aliphatic carbocycles. The van der Waals surface area contributed by atoms with Crippen LogP contribution in [0.25, 0.3) is 16.8 Å². The lowest BCUT2D eigenvalue weighted by molar-refractivity contribution is -0.139. The maximum Gasteiger partial charge on any atom is 0.338 e. The summed E-state index contributed by atoms with van der Waals surface area (Å²) in [6.07, 6.45) is 1.88. The third-order valence-electron chi connectivity index (χ3n) is 5.80. The Hall–Kier alpha value is -3.04. The Balaban J connectivity index is 1.80. The van der Waals surface area contributed by atoms with Gasteiger partial charge in [0.2, 0.25) is 0 Å². The van der Waals surface area contributed by atoms with Crippen LogP contribution in [0.2, 0.25) is 0 Å². The molecule has 0 unspecified atom stereocenters. The zero-order valence-electron chi connectivity index (χ0n) is 18.6. The van der Waals surface area contributed by atoms with Gasteiger partial charge in [-0.05, 0) is 76.5 Å². The molecule has 170 valence electrons. The molecule has 3 aromatic carbocycles. The van der Waals surface area contributed by atoms with Crippen LogP contribution in [-0.4, -0.2) is 17.1 Å². The second-order valence-electron chi connectivity index (χ2n) is 7.92. The fourth-order valence-electron chi connectivity index (χ4n) is 4.29. The first-order chi connectivity index (χ1) is 16.5. The van der Waals surface area contributed by atoms with E-state index < -0.39 is 12.0 Å². The number of benzene rings is 3. The topological polar surface area (TPSA) is 60.7 Å². The van der Waals surface area contributed by atoms with Crippen molar-refractivity contribution in [1.82, 2.24) is 4.57 Å². The van der Waals surface area contributed by atoms with E-state index in [2.05, 4.69) is 27.6 Å². The number of fused-ring (bicyclic) bond motifs is 2. The fraction of sp³-hybridized carbons (Fsp3) is 0.148. The largest absolute Gasteiger partial charge is 0.463 e. The quantitative estimate of drug-likeness (QED) is 0.263. The van der Waals surface area contributed by atoms with Crippen molar-refractivity contribution in [1.29, 1.82) is 0 Å². The van der Waals surface area contributed by atoms with E-state index in [0.29, 0.717) is 20.6 Å². The normalized spacial score (nSPS) is 15.9. The lowest BCUT2D eigenvalue weighted by Crippen LogP contribution is -2.40. The summed E-state index contributed by atoms with van der Waals surface area (Å²) in [7, 11) is 0. The molecule has 0 spiro atoms. The van der Waals surface area contributed by atoms with Crippen molar-refractivity contribution >= 4 is 56.7 Å². The number of allylic oxidation sites excluding steroid dienone is 1. The van der Waals surface area contributed by atoms with E-state index in [-0.39, 0.29) is 12.2 Å². The Kier molecular flexibility index (Phi) is 6.22. The van der Waals surface area contributed by atoms with E-state index in [1.54, 1.807) is 18.4 Å². The van der Waals surface area contributed by atoms with Crippen molar-refractivity contribution in [2.75, 3.05) is 6.61 Å². The highest BCUT2D eigenvalue weighted by Crippen LogP contribution is 2.34. The second kappa shape index (κ2) is 9.31. The minimum Gasteiger partial charge on any atom is -0.463 e. The molecule has 0 bridgehead atoms. The molecule has 5 nitrogen and oxygen atoms in total. The molecular formula is C27H21IN2O3S. The molecule has 1 aliphatic heterocycles. The number of nitrogens with zero attached hydrogens (tertiary/aromatic N) is 2. The Morgan fingerprint density at radius 3 is 2.62 bits per heavy atom. The molecular weight excluding hydrogens is 559 g/mol. The van der Waals surface area contributed by atoms with Crippen LogP contribution in [0.3, 0.4) is 0 Å². The van der Waals surface area contributed by atoms with Gasteiger partial charge in [-0.25, -0.2) is 9.79 Å². The maximum absolute atomic E-state index is 13.7. The zero-order valence-corrected chi connectivity index (χ0v) is 21.6. The van der Waals surface area contributed by atoms with Gasteiger partial charge in [-0.1, -0.05) is 65.9 Å². The van der Waals surface area contributed by atoms with E-state index in [9.17, 15) is 9.59 Å². The lowest BCUT2D eigenvalue weighted by atomic mass is 9.91. The van der Waals surface area contributed by atoms with Gasteiger partial charge in [-0.2, -0.15) is 0 Å². The third kappa shape index (κ3) is 4.03. The second-order valence-corrected chi connectivity index (χ2v) is 10.2. The summed E-state index contributed by atoms with van der Waals surface area (Å²) in [4.78, 5) is 32.1. The third-order valence-corrected chi connectivity index (χ3v) is 7.50. The number of hydrogen-bond donors (Lipinski definition) is 0. The van der Waals surface area contributed by atoms with Crippen LogP contribution in [0.1, 0.15) is 31.0 Å². The number of carbonyl (C=O) groups is 1. The van der Waals surface area contributed by atoms with Crippen LogP contribution in [0.5, 0.6) is 0 Å². The minimum atomic E-state index is -0.625. The SMILES string of the molecule is CCOC(=O)C1=C(C)N=c2s/c(=C\c3ccc(I)cc3)c(=O)n2[C@H]1c1cccc2ccccc12. The van der Waals surface area contributed by atoms with E-state index in [1.165, 1.54) is 11.3 Å². The van der Waals surface area contributed by atoms with Crippen molar-refractivity contribution in [3.8, 4) is 0 Å². The minimum absolute atomic E-state index is 0.172. The Labute approximate surface area is 213 Å². The van der Waals surface area contributed by atoms with Crippen molar-refractivity contribution < 1.29 is 9.53 Å². The van der Waals surface area contributed by atoms with Crippen molar-refractivity contribution in [2.24, 2.45) is 4.99 Å². The lowest BCUT2D eigenvalue weighted by Gasteiger charge is -2.25. The van der Waals surface area contributed by atoms with Crippen molar-refractivity contribution in [2.45, 2.75) is 19.9 Å². The van der Waals surface area contributed by atoms with Gasteiger partial charge >= 0.3 is 5.97 Å². The van der Waals surface area contributed by atoms with Crippen molar-refractivity contribution in [3.05, 3.63) is 112 Å². The number of rotatable bonds is 4. The summed E-state index contributed by atoms with van der Waals surface area (Å²) in [5.41, 5.74) is 2.60. The molecule has 0 amide bonds. The van der Waals surface area contributed by atoms with Gasteiger partial charge in [0.1, 0.15) is 0 Å². The van der Waals surface area contributed by atoms with Gasteiger partial charge in [0.25, 0.3) is 5.56 Å². The highest BCUT2D eigenvalue weighted by atomic mass is 127. The molecule has 2 heterocycles. The predicted octanol–water partition coefficient (Wildman–Crippen LogP) is 4.56. The Bertz CT molecular complexity index is 1630. The van der Waals surface area contributed by atoms with Gasteiger partial charge in [-0.3, -0.25) is 9.36 Å². The van der Waals surface area contributed by atoms with Gasteiger partial charge in [0.15, 0.2) is 4.80 Å². The number of carbonyl (C=O) groups excluding carboxylic acids is 1. The van der Waals surface area contributed by atoms with Gasteiger partial charge < -0.3 is 4.74 Å². The van der Waals surface area contributed by atoms with Gasteiger partial charge in [0.05, 0.1) is 28.5 Å². The highest BCUT2D eigenvalue weighted by Gasteiger charge is 2.34. The summed E-state index contributed by atoms with van der Waals surface area (Å²) < 4.78 is 8.75. The van der Waals surface area contributed by atoms with E-state index in [4.69, 9.17) is 4.74 Å². The number of halogens is 1. The van der Waals surface area contributed by atoms with E-state index in [0.717, 1.165) is 25.5 Å². The van der Waals surface area contributed by atoms with Crippen LogP contribution in [-0.2, 0) is 9.53 Å². The average Bonchev–Trinajstić information content (AvgIpc) is 3.13. The van der Waals surface area contributed by atoms with E-state index >= 15 is 0 Å². The summed E-state index contributed by atoms with van der Waals surface area (Å²) in [5, 5.41) is 2.03. The maximum atomic E-state index is 13.7. The molecule has 4 aromatic rings. The number of esters is 1. The van der Waals surface area contributed by atoms with E-state index in [1.807, 2.05) is 72.8 Å². The summed E-state index contributed by atoms with van der Waals surface area (Å²) >= 11 is 3.59. The summed E-state index contributed by atoms with van der Waals surface area (Å²) in [6.45, 7) is 3.83. The number of hydrogen-bond acceptors (Lipinski definition) is 5.